The van der Waals surface area contributed by atoms with Gasteiger partial charge in [0.05, 0.1) is 5.52 Å². The SMILES string of the molecule is C=CC(=O)Oc1cccc2nc3c4ccc(C(C)(C)C)cc4c(C(C)(C)C)cn3c12. The highest BCUT2D eigenvalue weighted by molar-refractivity contribution is 6.02. The lowest BCUT2D eigenvalue weighted by Crippen LogP contribution is -2.15. The van der Waals surface area contributed by atoms with Gasteiger partial charge in [-0.3, -0.25) is 4.40 Å². The van der Waals surface area contributed by atoms with Gasteiger partial charge in [-0.15, -0.1) is 0 Å². The number of nitrogens with zero attached hydrogens (tertiary/aromatic N) is 2. The number of rotatable bonds is 2. The molecule has 4 heteroatoms. The van der Waals surface area contributed by atoms with Crippen molar-refractivity contribution in [1.29, 1.82) is 0 Å². The fraction of sp³-hybridized carbons (Fsp3) is 0.308. The van der Waals surface area contributed by atoms with Gasteiger partial charge in [-0.2, -0.15) is 0 Å². The van der Waals surface area contributed by atoms with Crippen molar-refractivity contribution < 1.29 is 9.53 Å². The fourth-order valence-corrected chi connectivity index (χ4v) is 3.89. The third-order valence-electron chi connectivity index (χ3n) is 5.53. The zero-order chi connectivity index (χ0) is 21.8. The molecule has 0 bridgehead atoms. The number of ether oxygens (including phenoxy) is 1. The van der Waals surface area contributed by atoms with Crippen LogP contribution in [0.15, 0.2) is 55.3 Å². The van der Waals surface area contributed by atoms with E-state index in [1.807, 2.05) is 12.1 Å². The van der Waals surface area contributed by atoms with Gasteiger partial charge in [0, 0.05) is 17.7 Å². The van der Waals surface area contributed by atoms with Crippen molar-refractivity contribution in [3.63, 3.8) is 0 Å². The minimum atomic E-state index is -0.482. The van der Waals surface area contributed by atoms with Crippen LogP contribution >= 0.6 is 0 Å². The number of fused-ring (bicyclic) bond motifs is 5. The maximum Gasteiger partial charge on any atom is 0.335 e. The topological polar surface area (TPSA) is 43.6 Å². The van der Waals surface area contributed by atoms with E-state index in [0.29, 0.717) is 5.75 Å². The van der Waals surface area contributed by atoms with Gasteiger partial charge in [0.15, 0.2) is 5.75 Å². The van der Waals surface area contributed by atoms with Gasteiger partial charge >= 0.3 is 5.97 Å². The van der Waals surface area contributed by atoms with E-state index < -0.39 is 5.97 Å². The average Bonchev–Trinajstić information content (AvgIpc) is 3.05. The summed E-state index contributed by atoms with van der Waals surface area (Å²) < 4.78 is 7.58. The molecule has 0 unspecified atom stereocenters. The number of hydrogen-bond donors (Lipinski definition) is 0. The predicted molar refractivity (Wildman–Crippen MR) is 123 cm³/mol. The summed E-state index contributed by atoms with van der Waals surface area (Å²) in [5.41, 5.74) is 4.93. The summed E-state index contributed by atoms with van der Waals surface area (Å²) in [4.78, 5) is 16.8. The van der Waals surface area contributed by atoms with E-state index in [-0.39, 0.29) is 10.8 Å². The lowest BCUT2D eigenvalue weighted by Gasteiger charge is -2.25. The summed E-state index contributed by atoms with van der Waals surface area (Å²) >= 11 is 0. The van der Waals surface area contributed by atoms with Crippen LogP contribution in [0.1, 0.15) is 52.7 Å². The van der Waals surface area contributed by atoms with E-state index in [1.165, 1.54) is 22.6 Å². The number of pyridine rings is 1. The Labute approximate surface area is 177 Å². The van der Waals surface area contributed by atoms with Gasteiger partial charge < -0.3 is 4.74 Å². The number of benzene rings is 2. The zero-order valence-corrected chi connectivity index (χ0v) is 18.5. The zero-order valence-electron chi connectivity index (χ0n) is 18.5. The number of hydrogen-bond acceptors (Lipinski definition) is 3. The maximum atomic E-state index is 11.9. The first kappa shape index (κ1) is 20.1. The second-order valence-corrected chi connectivity index (χ2v) is 9.86. The van der Waals surface area contributed by atoms with Crippen molar-refractivity contribution in [3.05, 3.63) is 66.4 Å². The predicted octanol–water partition coefficient (Wildman–Crippen LogP) is 6.33. The molecule has 0 radical (unpaired) electrons. The molecule has 4 aromatic rings. The summed E-state index contributed by atoms with van der Waals surface area (Å²) in [6.07, 6.45) is 3.32. The van der Waals surface area contributed by atoms with E-state index >= 15 is 0 Å². The van der Waals surface area contributed by atoms with Crippen molar-refractivity contribution >= 4 is 33.4 Å². The molecule has 154 valence electrons. The maximum absolute atomic E-state index is 11.9. The summed E-state index contributed by atoms with van der Waals surface area (Å²) in [5, 5.41) is 2.30. The van der Waals surface area contributed by atoms with Crippen LogP contribution < -0.4 is 4.74 Å². The molecular formula is C26H28N2O2. The fourth-order valence-electron chi connectivity index (χ4n) is 3.89. The smallest absolute Gasteiger partial charge is 0.335 e. The largest absolute Gasteiger partial charge is 0.421 e. The molecule has 0 N–H and O–H groups in total. The molecule has 2 aromatic heterocycles. The Morgan fingerprint density at radius 2 is 1.77 bits per heavy atom. The molecule has 2 heterocycles. The molecule has 2 aromatic carbocycles. The minimum absolute atomic E-state index is 0.0572. The van der Waals surface area contributed by atoms with Crippen molar-refractivity contribution in [1.82, 2.24) is 9.38 Å². The second kappa shape index (κ2) is 6.69. The first-order valence-electron chi connectivity index (χ1n) is 10.2. The number of carbonyl (C=O) groups excluding carboxylic acids is 1. The average molecular weight is 401 g/mol. The van der Waals surface area contributed by atoms with Gasteiger partial charge in [-0.1, -0.05) is 72.4 Å². The third kappa shape index (κ3) is 3.26. The van der Waals surface area contributed by atoms with Crippen LogP contribution in [0.4, 0.5) is 0 Å². The Bertz CT molecular complexity index is 1310. The highest BCUT2D eigenvalue weighted by Crippen LogP contribution is 2.37. The lowest BCUT2D eigenvalue weighted by atomic mass is 9.81. The quantitative estimate of drug-likeness (QED) is 0.224. The Morgan fingerprint density at radius 1 is 1.03 bits per heavy atom. The molecule has 0 aliphatic heterocycles. The summed E-state index contributed by atoms with van der Waals surface area (Å²) in [7, 11) is 0. The normalized spacial score (nSPS) is 12.6. The number of esters is 1. The van der Waals surface area contributed by atoms with E-state index in [1.54, 1.807) is 6.07 Å². The Kier molecular flexibility index (Phi) is 4.50. The van der Waals surface area contributed by atoms with Crippen LogP contribution in [-0.4, -0.2) is 15.4 Å². The van der Waals surface area contributed by atoms with E-state index in [9.17, 15) is 4.79 Å². The number of imidazole rings is 1. The van der Waals surface area contributed by atoms with Crippen LogP contribution in [-0.2, 0) is 15.6 Å². The van der Waals surface area contributed by atoms with Gasteiger partial charge in [0.25, 0.3) is 0 Å². The first-order chi connectivity index (χ1) is 14.0. The van der Waals surface area contributed by atoms with Crippen LogP contribution in [0.2, 0.25) is 0 Å². The molecule has 30 heavy (non-hydrogen) atoms. The molecule has 0 aliphatic rings. The lowest BCUT2D eigenvalue weighted by molar-refractivity contribution is -0.128. The van der Waals surface area contributed by atoms with Crippen molar-refractivity contribution in [2.24, 2.45) is 0 Å². The molecule has 0 fully saturated rings. The molecule has 4 nitrogen and oxygen atoms in total. The van der Waals surface area contributed by atoms with E-state index in [4.69, 9.17) is 9.72 Å². The summed E-state index contributed by atoms with van der Waals surface area (Å²) in [6, 6.07) is 12.2. The molecular weight excluding hydrogens is 372 g/mol. The minimum Gasteiger partial charge on any atom is -0.421 e. The van der Waals surface area contributed by atoms with E-state index in [0.717, 1.165) is 22.1 Å². The Balaban J connectivity index is 2.15. The van der Waals surface area contributed by atoms with Crippen LogP contribution in [0.3, 0.4) is 0 Å². The Morgan fingerprint density at radius 3 is 2.40 bits per heavy atom. The highest BCUT2D eigenvalue weighted by Gasteiger charge is 2.23. The molecule has 0 spiro atoms. The molecule has 4 rings (SSSR count). The molecule has 0 aliphatic carbocycles. The molecule has 0 amide bonds. The van der Waals surface area contributed by atoms with Gasteiger partial charge in [-0.25, -0.2) is 9.78 Å². The number of para-hydroxylation sites is 1. The first-order valence-corrected chi connectivity index (χ1v) is 10.2. The molecule has 0 saturated carbocycles. The van der Waals surface area contributed by atoms with Crippen molar-refractivity contribution in [3.8, 4) is 5.75 Å². The van der Waals surface area contributed by atoms with Crippen LogP contribution in [0, 0.1) is 0 Å². The van der Waals surface area contributed by atoms with Crippen LogP contribution in [0.25, 0.3) is 27.5 Å². The second-order valence-electron chi connectivity index (χ2n) is 9.86. The van der Waals surface area contributed by atoms with Gasteiger partial charge in [0.2, 0.25) is 0 Å². The summed E-state index contributed by atoms with van der Waals surface area (Å²) in [5.74, 6) is -0.000441. The monoisotopic (exact) mass is 400 g/mol. The summed E-state index contributed by atoms with van der Waals surface area (Å²) in [6.45, 7) is 16.8. The third-order valence-corrected chi connectivity index (χ3v) is 5.53. The van der Waals surface area contributed by atoms with Crippen molar-refractivity contribution in [2.45, 2.75) is 52.4 Å². The van der Waals surface area contributed by atoms with Crippen LogP contribution in [0.5, 0.6) is 5.75 Å². The van der Waals surface area contributed by atoms with Gasteiger partial charge in [-0.05, 0) is 39.5 Å². The van der Waals surface area contributed by atoms with Gasteiger partial charge in [0.1, 0.15) is 11.2 Å². The van der Waals surface area contributed by atoms with Crippen molar-refractivity contribution in [2.75, 3.05) is 0 Å². The number of aromatic nitrogens is 2. The standard InChI is InChI=1S/C26H28N2O2/c1-8-22(29)30-21-11-9-10-20-23(21)28-15-19(26(5,6)7)18-14-16(25(2,3)4)12-13-17(18)24(28)27-20/h8-15H,1H2,2-7H3. The highest BCUT2D eigenvalue weighted by atomic mass is 16.5. The molecule has 0 saturated heterocycles. The number of carbonyl (C=O) groups is 1. The van der Waals surface area contributed by atoms with E-state index in [2.05, 4.69) is 76.9 Å². The molecule has 0 atom stereocenters. The Hall–Kier alpha value is -3.14.